The molecule has 1 aromatic carbocycles. The summed E-state index contributed by atoms with van der Waals surface area (Å²) in [7, 11) is -4.40. The van der Waals surface area contributed by atoms with E-state index < -0.39 is 41.1 Å². The molecule has 1 atom stereocenters. The number of nitrogens with zero attached hydrogens (tertiary/aromatic N) is 1. The average Bonchev–Trinajstić information content (AvgIpc) is 2.61. The lowest BCUT2D eigenvalue weighted by Crippen LogP contribution is -2.49. The first kappa shape index (κ1) is 17.0. The molecule has 1 saturated heterocycles. The largest absolute Gasteiger partial charge is 0.405 e. The molecule has 0 saturated carbocycles. The third-order valence-electron chi connectivity index (χ3n) is 3.18. The van der Waals surface area contributed by atoms with Crippen LogP contribution in [0.5, 0.6) is 0 Å². The van der Waals surface area contributed by atoms with E-state index >= 15 is 0 Å². The smallest absolute Gasteiger partial charge is 0.355 e. The van der Waals surface area contributed by atoms with E-state index in [9.17, 15) is 26.4 Å². The van der Waals surface area contributed by atoms with Gasteiger partial charge in [0.2, 0.25) is 15.9 Å². The van der Waals surface area contributed by atoms with Crippen LogP contribution in [-0.2, 0) is 14.8 Å². The molecule has 1 heterocycles. The predicted molar refractivity (Wildman–Crippen MR) is 72.8 cm³/mol. The van der Waals surface area contributed by atoms with Crippen molar-refractivity contribution in [3.05, 3.63) is 29.3 Å². The second-order valence-electron chi connectivity index (χ2n) is 4.68. The zero-order valence-electron chi connectivity index (χ0n) is 11.1. The molecule has 0 bridgehead atoms. The summed E-state index contributed by atoms with van der Waals surface area (Å²) in [4.78, 5) is 11.0. The van der Waals surface area contributed by atoms with E-state index in [0.717, 1.165) is 12.1 Å². The highest BCUT2D eigenvalue weighted by molar-refractivity contribution is 7.89. The number of carbonyl (C=O) groups excluding carboxylic acids is 1. The number of amides is 1. The van der Waals surface area contributed by atoms with Crippen LogP contribution in [0.3, 0.4) is 0 Å². The molecule has 1 fully saturated rings. The van der Waals surface area contributed by atoms with Gasteiger partial charge in [0.15, 0.2) is 0 Å². The third-order valence-corrected chi connectivity index (χ3v) is 5.35. The van der Waals surface area contributed by atoms with Crippen molar-refractivity contribution in [1.82, 2.24) is 9.62 Å². The molecule has 22 heavy (non-hydrogen) atoms. The summed E-state index contributed by atoms with van der Waals surface area (Å²) < 4.78 is 64.7. The summed E-state index contributed by atoms with van der Waals surface area (Å²) in [5.74, 6) is -0.837. The molecule has 10 heteroatoms. The van der Waals surface area contributed by atoms with Gasteiger partial charge in [-0.15, -0.1) is 0 Å². The molecule has 1 aromatic rings. The first-order valence-electron chi connectivity index (χ1n) is 6.23. The zero-order chi connectivity index (χ0) is 16.5. The minimum atomic E-state index is -4.85. The van der Waals surface area contributed by atoms with Crippen molar-refractivity contribution in [1.29, 1.82) is 0 Å². The molecule has 1 aliphatic heterocycles. The van der Waals surface area contributed by atoms with Gasteiger partial charge in [0.1, 0.15) is 6.04 Å². The Hall–Kier alpha value is -1.32. The second-order valence-corrected chi connectivity index (χ2v) is 7.01. The molecule has 1 unspecified atom stereocenters. The maximum atomic E-state index is 13.1. The Labute approximate surface area is 130 Å². The SMILES string of the molecule is O=C1CC(C(F)(F)F)N(S(=O)(=O)c2ccc(Cl)cc2)CCN1. The Morgan fingerprint density at radius 1 is 1.23 bits per heavy atom. The highest BCUT2D eigenvalue weighted by Crippen LogP contribution is 2.32. The Kier molecular flexibility index (Phi) is 4.69. The highest BCUT2D eigenvalue weighted by Gasteiger charge is 2.50. The lowest BCUT2D eigenvalue weighted by atomic mass is 10.2. The van der Waals surface area contributed by atoms with Gasteiger partial charge in [0, 0.05) is 18.1 Å². The summed E-state index contributed by atoms with van der Waals surface area (Å²) >= 11 is 5.65. The van der Waals surface area contributed by atoms with Crippen LogP contribution in [0.15, 0.2) is 29.2 Å². The van der Waals surface area contributed by atoms with E-state index in [4.69, 9.17) is 11.6 Å². The Morgan fingerprint density at radius 3 is 2.36 bits per heavy atom. The minimum Gasteiger partial charge on any atom is -0.355 e. The van der Waals surface area contributed by atoms with Gasteiger partial charge in [-0.1, -0.05) is 11.6 Å². The van der Waals surface area contributed by atoms with E-state index in [-0.39, 0.29) is 16.5 Å². The monoisotopic (exact) mass is 356 g/mol. The van der Waals surface area contributed by atoms with Crippen molar-refractivity contribution < 1.29 is 26.4 Å². The lowest BCUT2D eigenvalue weighted by molar-refractivity contribution is -0.173. The lowest BCUT2D eigenvalue weighted by Gasteiger charge is -2.29. The standard InChI is InChI=1S/C12H12ClF3N2O3S/c13-8-1-3-9(4-2-8)22(20,21)18-6-5-17-11(19)7-10(18)12(14,15)16/h1-4,10H,5-7H2,(H,17,19). The van der Waals surface area contributed by atoms with Crippen molar-refractivity contribution in [3.63, 3.8) is 0 Å². The van der Waals surface area contributed by atoms with Crippen LogP contribution in [0.4, 0.5) is 13.2 Å². The van der Waals surface area contributed by atoms with Gasteiger partial charge in [0.05, 0.1) is 11.3 Å². The molecular weight excluding hydrogens is 345 g/mol. The van der Waals surface area contributed by atoms with Gasteiger partial charge in [0.25, 0.3) is 0 Å². The molecule has 1 amide bonds. The Bertz CT molecular complexity index is 661. The molecular formula is C12H12ClF3N2O3S. The molecule has 0 radical (unpaired) electrons. The quantitative estimate of drug-likeness (QED) is 0.878. The van der Waals surface area contributed by atoms with Crippen LogP contribution in [0.1, 0.15) is 6.42 Å². The van der Waals surface area contributed by atoms with Crippen molar-refractivity contribution >= 4 is 27.5 Å². The van der Waals surface area contributed by atoms with Gasteiger partial charge in [-0.3, -0.25) is 4.79 Å². The molecule has 1 N–H and O–H groups in total. The summed E-state index contributed by atoms with van der Waals surface area (Å²) in [5, 5.41) is 2.51. The number of halogens is 4. The third kappa shape index (κ3) is 3.53. The molecule has 5 nitrogen and oxygen atoms in total. The van der Waals surface area contributed by atoms with Gasteiger partial charge in [-0.25, -0.2) is 8.42 Å². The molecule has 0 aromatic heterocycles. The van der Waals surface area contributed by atoms with Crippen molar-refractivity contribution in [2.75, 3.05) is 13.1 Å². The van der Waals surface area contributed by atoms with E-state index in [1.54, 1.807) is 0 Å². The number of hydrogen-bond acceptors (Lipinski definition) is 3. The number of carbonyl (C=O) groups is 1. The van der Waals surface area contributed by atoms with Gasteiger partial charge in [-0.05, 0) is 24.3 Å². The first-order valence-corrected chi connectivity index (χ1v) is 8.05. The van der Waals surface area contributed by atoms with Gasteiger partial charge in [-0.2, -0.15) is 17.5 Å². The summed E-state index contributed by atoms with van der Waals surface area (Å²) in [6.07, 6.45) is -5.81. The molecule has 122 valence electrons. The fourth-order valence-corrected chi connectivity index (χ4v) is 3.86. The van der Waals surface area contributed by atoms with E-state index in [1.807, 2.05) is 0 Å². The maximum absolute atomic E-state index is 13.1. The van der Waals surface area contributed by atoms with Crippen molar-refractivity contribution in [2.45, 2.75) is 23.5 Å². The zero-order valence-corrected chi connectivity index (χ0v) is 12.7. The summed E-state index contributed by atoms with van der Waals surface area (Å²) in [6, 6.07) is 2.42. The van der Waals surface area contributed by atoms with Crippen LogP contribution in [0.25, 0.3) is 0 Å². The molecule has 0 aliphatic carbocycles. The molecule has 1 aliphatic rings. The van der Waals surface area contributed by atoms with Gasteiger partial charge >= 0.3 is 6.18 Å². The Morgan fingerprint density at radius 2 is 1.82 bits per heavy atom. The highest BCUT2D eigenvalue weighted by atomic mass is 35.5. The van der Waals surface area contributed by atoms with E-state index in [0.29, 0.717) is 4.31 Å². The molecule has 2 rings (SSSR count). The number of nitrogens with one attached hydrogen (secondary N) is 1. The van der Waals surface area contributed by atoms with E-state index in [2.05, 4.69) is 5.32 Å². The Balaban J connectivity index is 2.45. The second kappa shape index (κ2) is 6.05. The van der Waals surface area contributed by atoms with Crippen molar-refractivity contribution in [2.24, 2.45) is 0 Å². The number of benzene rings is 1. The van der Waals surface area contributed by atoms with Gasteiger partial charge < -0.3 is 5.32 Å². The van der Waals surface area contributed by atoms with Crippen LogP contribution in [0, 0.1) is 0 Å². The fraction of sp³-hybridized carbons (Fsp3) is 0.417. The number of alkyl halides is 3. The minimum absolute atomic E-state index is 0.182. The van der Waals surface area contributed by atoms with E-state index in [1.165, 1.54) is 12.1 Å². The topological polar surface area (TPSA) is 66.5 Å². The number of sulfonamides is 1. The van der Waals surface area contributed by atoms with Crippen LogP contribution in [-0.4, -0.2) is 43.9 Å². The van der Waals surface area contributed by atoms with Crippen LogP contribution >= 0.6 is 11.6 Å². The van der Waals surface area contributed by atoms with Crippen LogP contribution in [0.2, 0.25) is 5.02 Å². The van der Waals surface area contributed by atoms with Crippen LogP contribution < -0.4 is 5.32 Å². The first-order chi connectivity index (χ1) is 10.1. The maximum Gasteiger partial charge on any atom is 0.405 e. The average molecular weight is 357 g/mol. The predicted octanol–water partition coefficient (Wildman–Crippen LogP) is 1.78. The fourth-order valence-electron chi connectivity index (χ4n) is 2.12. The van der Waals surface area contributed by atoms with Crippen molar-refractivity contribution in [3.8, 4) is 0 Å². The summed E-state index contributed by atoms with van der Waals surface area (Å²) in [6.45, 7) is -0.640. The summed E-state index contributed by atoms with van der Waals surface area (Å²) in [5.41, 5.74) is 0. The molecule has 0 spiro atoms. The number of hydrogen-bond donors (Lipinski definition) is 1. The number of rotatable bonds is 2. The normalized spacial score (nSPS) is 21.3.